The van der Waals surface area contributed by atoms with Crippen LogP contribution < -0.4 is 0 Å². The van der Waals surface area contributed by atoms with E-state index in [4.69, 9.17) is 0 Å². The topological polar surface area (TPSA) is 19.9 Å². The summed E-state index contributed by atoms with van der Waals surface area (Å²) >= 11 is 1.51. The van der Waals surface area contributed by atoms with E-state index < -0.39 is 5.44 Å². The Morgan fingerprint density at radius 3 is 1.67 bits per heavy atom. The van der Waals surface area contributed by atoms with E-state index in [1.165, 1.54) is 11.8 Å². The first-order valence-corrected chi connectivity index (χ1v) is 4.29. The van der Waals surface area contributed by atoms with Crippen LogP contribution in [0.3, 0.4) is 0 Å². The fraction of sp³-hybridized carbons (Fsp3) is 1.00. The van der Waals surface area contributed by atoms with Gasteiger partial charge in [0.1, 0.15) is 5.44 Å². The van der Waals surface area contributed by atoms with Gasteiger partial charge in [0.25, 0.3) is 0 Å². The van der Waals surface area contributed by atoms with Gasteiger partial charge < -0.3 is 0 Å². The number of rotatable bonds is 3. The Labute approximate surface area is 61.8 Å². The molecule has 2 heteroatoms. The van der Waals surface area contributed by atoms with Gasteiger partial charge >= 0.3 is 0 Å². The molecule has 2 unspecified atom stereocenters. The molecule has 0 aliphatic carbocycles. The fourth-order valence-electron chi connectivity index (χ4n) is 0.459. The molecule has 0 heterocycles. The molecule has 0 aromatic carbocycles. The maximum absolute atomic E-state index is 10.6. The van der Waals surface area contributed by atoms with Gasteiger partial charge in [-0.3, -0.25) is 0 Å². The van der Waals surface area contributed by atoms with Crippen molar-refractivity contribution in [3.8, 4) is 0 Å². The minimum Gasteiger partial charge on any atom is -0.222 e. The van der Waals surface area contributed by atoms with Crippen molar-refractivity contribution in [2.45, 2.75) is 38.4 Å². The van der Waals surface area contributed by atoms with Crippen LogP contribution in [0.2, 0.25) is 0 Å². The summed E-state index contributed by atoms with van der Waals surface area (Å²) in [6, 6.07) is 0. The van der Waals surface area contributed by atoms with Crippen molar-refractivity contribution in [1.29, 1.82) is 0 Å². The molecular formula is C7H15OS. The van der Waals surface area contributed by atoms with Crippen LogP contribution in [0, 0.1) is 5.92 Å². The fourth-order valence-corrected chi connectivity index (χ4v) is 1.38. The Morgan fingerprint density at radius 1 is 1.11 bits per heavy atom. The minimum atomic E-state index is -0.470. The smallest absolute Gasteiger partial charge is 0.136 e. The second kappa shape index (κ2) is 4.18. The van der Waals surface area contributed by atoms with Crippen LogP contribution in [0.5, 0.6) is 0 Å². The van der Waals surface area contributed by atoms with E-state index in [0.29, 0.717) is 11.2 Å². The van der Waals surface area contributed by atoms with Crippen LogP contribution in [0.15, 0.2) is 0 Å². The van der Waals surface area contributed by atoms with Gasteiger partial charge in [0.2, 0.25) is 0 Å². The van der Waals surface area contributed by atoms with Crippen LogP contribution in [0.1, 0.15) is 27.7 Å². The molecule has 0 aromatic rings. The highest BCUT2D eigenvalue weighted by Gasteiger charge is 2.10. The molecular weight excluding hydrogens is 132 g/mol. The van der Waals surface area contributed by atoms with Gasteiger partial charge in [-0.2, -0.15) is 0 Å². The van der Waals surface area contributed by atoms with Crippen LogP contribution >= 0.6 is 11.8 Å². The second-order valence-electron chi connectivity index (χ2n) is 2.65. The van der Waals surface area contributed by atoms with Crippen LogP contribution in [0.4, 0.5) is 0 Å². The summed E-state index contributed by atoms with van der Waals surface area (Å²) in [6.45, 7) is 8.08. The molecule has 1 radical (unpaired) electrons. The molecule has 0 saturated carbocycles. The molecule has 9 heavy (non-hydrogen) atoms. The largest absolute Gasteiger partial charge is 0.222 e. The number of hydrogen-bond donors (Lipinski definition) is 0. The second-order valence-corrected chi connectivity index (χ2v) is 4.33. The van der Waals surface area contributed by atoms with E-state index >= 15 is 0 Å². The summed E-state index contributed by atoms with van der Waals surface area (Å²) in [6.07, 6.45) is 0. The molecule has 0 saturated heterocycles. The standard InChI is InChI=1S/C7H15OS/c1-5(2)6(3)9-7(4)8/h5-7H,1-4H3. The quantitative estimate of drug-likeness (QED) is 0.562. The van der Waals surface area contributed by atoms with Gasteiger partial charge in [-0.1, -0.05) is 20.8 Å². The van der Waals surface area contributed by atoms with Gasteiger partial charge in [0.15, 0.2) is 0 Å². The lowest BCUT2D eigenvalue weighted by molar-refractivity contribution is 0.180. The third-order valence-corrected chi connectivity index (χ3v) is 2.70. The van der Waals surface area contributed by atoms with E-state index in [1.807, 2.05) is 0 Å². The zero-order valence-electron chi connectivity index (χ0n) is 6.55. The zero-order chi connectivity index (χ0) is 7.44. The molecule has 1 nitrogen and oxygen atoms in total. The van der Waals surface area contributed by atoms with E-state index in [9.17, 15) is 5.11 Å². The normalized spacial score (nSPS) is 18.0. The molecule has 0 aliphatic heterocycles. The maximum atomic E-state index is 10.6. The van der Waals surface area contributed by atoms with Crippen molar-refractivity contribution >= 4 is 11.8 Å². The lowest BCUT2D eigenvalue weighted by Gasteiger charge is -2.14. The van der Waals surface area contributed by atoms with Crippen LogP contribution in [0.25, 0.3) is 0 Å². The first kappa shape index (κ1) is 9.31. The molecule has 0 N–H and O–H groups in total. The molecule has 0 rings (SSSR count). The van der Waals surface area contributed by atoms with Gasteiger partial charge in [-0.25, -0.2) is 5.11 Å². The third-order valence-electron chi connectivity index (χ3n) is 1.35. The SMILES string of the molecule is CC([O])SC(C)C(C)C. The number of thioether (sulfide) groups is 1. The average molecular weight is 147 g/mol. The predicted octanol–water partition coefficient (Wildman–Crippen LogP) is 2.54. The van der Waals surface area contributed by atoms with Crippen molar-refractivity contribution in [2.75, 3.05) is 0 Å². The van der Waals surface area contributed by atoms with Crippen molar-refractivity contribution in [3.63, 3.8) is 0 Å². The third kappa shape index (κ3) is 4.79. The Kier molecular flexibility index (Phi) is 4.32. The summed E-state index contributed by atoms with van der Waals surface area (Å²) in [5, 5.41) is 11.1. The monoisotopic (exact) mass is 147 g/mol. The first-order chi connectivity index (χ1) is 4.04. The van der Waals surface area contributed by atoms with Crippen molar-refractivity contribution in [1.82, 2.24) is 0 Å². The summed E-state index contributed by atoms with van der Waals surface area (Å²) in [5.74, 6) is 0.617. The Bertz CT molecular complexity index is 71.3. The molecule has 0 amide bonds. The zero-order valence-corrected chi connectivity index (χ0v) is 7.37. The lowest BCUT2D eigenvalue weighted by Crippen LogP contribution is -2.09. The highest BCUT2D eigenvalue weighted by atomic mass is 32.2. The van der Waals surface area contributed by atoms with E-state index in [0.717, 1.165) is 0 Å². The van der Waals surface area contributed by atoms with Crippen LogP contribution in [-0.4, -0.2) is 10.7 Å². The average Bonchev–Trinajstić information content (AvgIpc) is 1.63. The number of hydrogen-bond acceptors (Lipinski definition) is 1. The van der Waals surface area contributed by atoms with Crippen molar-refractivity contribution in [3.05, 3.63) is 0 Å². The molecule has 0 bridgehead atoms. The Hall–Kier alpha value is 0.310. The molecule has 0 fully saturated rings. The molecule has 0 aromatic heterocycles. The highest BCUT2D eigenvalue weighted by molar-refractivity contribution is 8.00. The summed E-state index contributed by atoms with van der Waals surface area (Å²) in [4.78, 5) is 0. The minimum absolute atomic E-state index is 0.470. The van der Waals surface area contributed by atoms with E-state index in [1.54, 1.807) is 6.92 Å². The van der Waals surface area contributed by atoms with Gasteiger partial charge in [0, 0.05) is 5.25 Å². The highest BCUT2D eigenvalue weighted by Crippen LogP contribution is 2.21. The summed E-state index contributed by atoms with van der Waals surface area (Å²) in [7, 11) is 0. The molecule has 0 aliphatic rings. The summed E-state index contributed by atoms with van der Waals surface area (Å²) in [5.41, 5.74) is -0.470. The Morgan fingerprint density at radius 2 is 1.56 bits per heavy atom. The molecule has 55 valence electrons. The first-order valence-electron chi connectivity index (χ1n) is 3.35. The van der Waals surface area contributed by atoms with Crippen molar-refractivity contribution in [2.24, 2.45) is 5.92 Å². The van der Waals surface area contributed by atoms with Gasteiger partial charge in [0.05, 0.1) is 0 Å². The van der Waals surface area contributed by atoms with Gasteiger partial charge in [-0.15, -0.1) is 11.8 Å². The van der Waals surface area contributed by atoms with Crippen molar-refractivity contribution < 1.29 is 5.11 Å². The predicted molar refractivity (Wildman–Crippen MR) is 42.0 cm³/mol. The Balaban J connectivity index is 3.38. The maximum Gasteiger partial charge on any atom is 0.136 e. The lowest BCUT2D eigenvalue weighted by atomic mass is 10.2. The molecule has 0 spiro atoms. The van der Waals surface area contributed by atoms with Crippen LogP contribution in [-0.2, 0) is 5.11 Å². The van der Waals surface area contributed by atoms with Gasteiger partial charge in [-0.05, 0) is 12.8 Å². The van der Waals surface area contributed by atoms with E-state index in [2.05, 4.69) is 20.8 Å². The molecule has 2 atom stereocenters. The summed E-state index contributed by atoms with van der Waals surface area (Å²) < 4.78 is 0. The van der Waals surface area contributed by atoms with E-state index in [-0.39, 0.29) is 0 Å².